The van der Waals surface area contributed by atoms with Crippen LogP contribution in [0.1, 0.15) is 16.8 Å². The molecule has 0 aliphatic heterocycles. The van der Waals surface area contributed by atoms with Crippen LogP contribution >= 0.6 is 0 Å². The summed E-state index contributed by atoms with van der Waals surface area (Å²) >= 11 is 0. The van der Waals surface area contributed by atoms with Gasteiger partial charge in [-0.3, -0.25) is 0 Å². The lowest BCUT2D eigenvalue weighted by Gasteiger charge is -2.01. The van der Waals surface area contributed by atoms with Gasteiger partial charge in [0.15, 0.2) is 5.82 Å². The lowest BCUT2D eigenvalue weighted by atomic mass is 10.1. The van der Waals surface area contributed by atoms with Crippen molar-refractivity contribution in [3.63, 3.8) is 0 Å². The smallest absolute Gasteiger partial charge is 0.154 e. The molecule has 0 saturated heterocycles. The van der Waals surface area contributed by atoms with Gasteiger partial charge in [0.1, 0.15) is 0 Å². The molecule has 0 fully saturated rings. The molecule has 4 heteroatoms. The SMILES string of the molecule is N#Cc1ccnc(-n2ccc(CCc3ccccc3)n2)c1. The third-order valence-corrected chi connectivity index (χ3v) is 3.27. The van der Waals surface area contributed by atoms with Crippen LogP contribution in [-0.2, 0) is 12.8 Å². The largest absolute Gasteiger partial charge is 0.237 e. The normalized spacial score (nSPS) is 10.2. The molecule has 0 aliphatic carbocycles. The number of nitriles is 1. The number of aromatic nitrogens is 3. The van der Waals surface area contributed by atoms with Gasteiger partial charge in [0.2, 0.25) is 0 Å². The molecule has 0 unspecified atom stereocenters. The molecular weight excluding hydrogens is 260 g/mol. The Balaban J connectivity index is 1.73. The van der Waals surface area contributed by atoms with E-state index in [-0.39, 0.29) is 0 Å². The molecule has 102 valence electrons. The summed E-state index contributed by atoms with van der Waals surface area (Å²) in [6, 6.07) is 17.9. The summed E-state index contributed by atoms with van der Waals surface area (Å²) in [5.74, 6) is 0.667. The fourth-order valence-corrected chi connectivity index (χ4v) is 2.15. The molecule has 3 aromatic rings. The fourth-order valence-electron chi connectivity index (χ4n) is 2.15. The van der Waals surface area contributed by atoms with Crippen LogP contribution in [0.4, 0.5) is 0 Å². The lowest BCUT2D eigenvalue weighted by Crippen LogP contribution is -2.00. The Kier molecular flexibility index (Phi) is 3.74. The van der Waals surface area contributed by atoms with Gasteiger partial charge in [0.25, 0.3) is 0 Å². The maximum absolute atomic E-state index is 8.92. The Labute approximate surface area is 123 Å². The highest BCUT2D eigenvalue weighted by atomic mass is 15.3. The zero-order valence-corrected chi connectivity index (χ0v) is 11.5. The molecule has 1 aromatic carbocycles. The molecule has 0 radical (unpaired) electrons. The van der Waals surface area contributed by atoms with Crippen molar-refractivity contribution in [2.75, 3.05) is 0 Å². The first kappa shape index (κ1) is 13.1. The summed E-state index contributed by atoms with van der Waals surface area (Å²) in [7, 11) is 0. The second-order valence-corrected chi connectivity index (χ2v) is 4.75. The van der Waals surface area contributed by atoms with Gasteiger partial charge in [0, 0.05) is 18.5 Å². The van der Waals surface area contributed by atoms with Crippen molar-refractivity contribution in [2.45, 2.75) is 12.8 Å². The minimum absolute atomic E-state index is 0.585. The third-order valence-electron chi connectivity index (χ3n) is 3.27. The molecule has 2 aromatic heterocycles. The van der Waals surface area contributed by atoms with Crippen LogP contribution < -0.4 is 0 Å². The van der Waals surface area contributed by atoms with Crippen molar-refractivity contribution >= 4 is 0 Å². The Morgan fingerprint density at radius 1 is 1.05 bits per heavy atom. The molecule has 4 nitrogen and oxygen atoms in total. The fraction of sp³-hybridized carbons (Fsp3) is 0.118. The van der Waals surface area contributed by atoms with E-state index in [1.165, 1.54) is 5.56 Å². The average molecular weight is 274 g/mol. The van der Waals surface area contributed by atoms with Crippen LogP contribution in [0.5, 0.6) is 0 Å². The molecule has 0 saturated carbocycles. The lowest BCUT2D eigenvalue weighted by molar-refractivity contribution is 0.798. The highest BCUT2D eigenvalue weighted by Crippen LogP contribution is 2.09. The first-order chi connectivity index (χ1) is 10.3. The maximum Gasteiger partial charge on any atom is 0.154 e. The van der Waals surface area contributed by atoms with Gasteiger partial charge in [-0.25, -0.2) is 9.67 Å². The number of pyridine rings is 1. The Bertz CT molecular complexity index is 769. The van der Waals surface area contributed by atoms with Crippen molar-refractivity contribution in [2.24, 2.45) is 0 Å². The van der Waals surface area contributed by atoms with Crippen LogP contribution in [0, 0.1) is 11.3 Å². The van der Waals surface area contributed by atoms with Crippen LogP contribution in [0.3, 0.4) is 0 Å². The molecule has 3 rings (SSSR count). The third kappa shape index (κ3) is 3.15. The summed E-state index contributed by atoms with van der Waals surface area (Å²) in [4.78, 5) is 4.24. The van der Waals surface area contributed by atoms with Gasteiger partial charge < -0.3 is 0 Å². The van der Waals surface area contributed by atoms with E-state index >= 15 is 0 Å². The van der Waals surface area contributed by atoms with Crippen molar-refractivity contribution in [1.82, 2.24) is 14.8 Å². The number of nitrogens with zero attached hydrogens (tertiary/aromatic N) is 4. The minimum Gasteiger partial charge on any atom is -0.237 e. The van der Waals surface area contributed by atoms with E-state index in [0.29, 0.717) is 11.4 Å². The van der Waals surface area contributed by atoms with Crippen LogP contribution in [0.2, 0.25) is 0 Å². The molecule has 0 N–H and O–H groups in total. The average Bonchev–Trinajstić information content (AvgIpc) is 3.03. The van der Waals surface area contributed by atoms with E-state index in [1.54, 1.807) is 23.0 Å². The zero-order chi connectivity index (χ0) is 14.5. The second-order valence-electron chi connectivity index (χ2n) is 4.75. The highest BCUT2D eigenvalue weighted by molar-refractivity contribution is 5.35. The summed E-state index contributed by atoms with van der Waals surface area (Å²) in [5, 5.41) is 13.4. The molecule has 0 amide bonds. The summed E-state index contributed by atoms with van der Waals surface area (Å²) in [6.07, 6.45) is 5.35. The number of rotatable bonds is 4. The van der Waals surface area contributed by atoms with Crippen molar-refractivity contribution in [1.29, 1.82) is 5.26 Å². The maximum atomic E-state index is 8.92. The second kappa shape index (κ2) is 6.02. The van der Waals surface area contributed by atoms with E-state index in [0.717, 1.165) is 18.5 Å². The molecule has 2 heterocycles. The molecule has 0 aliphatic rings. The quantitative estimate of drug-likeness (QED) is 0.735. The van der Waals surface area contributed by atoms with Crippen molar-refractivity contribution < 1.29 is 0 Å². The van der Waals surface area contributed by atoms with E-state index in [9.17, 15) is 0 Å². The Morgan fingerprint density at radius 3 is 2.71 bits per heavy atom. The zero-order valence-electron chi connectivity index (χ0n) is 11.5. The number of aryl methyl sites for hydroxylation is 2. The highest BCUT2D eigenvalue weighted by Gasteiger charge is 2.04. The number of hydrogen-bond donors (Lipinski definition) is 0. The monoisotopic (exact) mass is 274 g/mol. The Hall–Kier alpha value is -2.93. The first-order valence-electron chi connectivity index (χ1n) is 6.80. The molecule has 0 bridgehead atoms. The van der Waals surface area contributed by atoms with Gasteiger partial charge in [-0.05, 0) is 30.5 Å². The molecule has 0 spiro atoms. The molecule has 0 atom stereocenters. The number of hydrogen-bond acceptors (Lipinski definition) is 3. The van der Waals surface area contributed by atoms with Gasteiger partial charge in [-0.1, -0.05) is 30.3 Å². The summed E-state index contributed by atoms with van der Waals surface area (Å²) < 4.78 is 1.71. The Morgan fingerprint density at radius 2 is 1.90 bits per heavy atom. The van der Waals surface area contributed by atoms with Gasteiger partial charge >= 0.3 is 0 Å². The van der Waals surface area contributed by atoms with Crippen LogP contribution in [0.25, 0.3) is 5.82 Å². The topological polar surface area (TPSA) is 54.5 Å². The molecular formula is C17H14N4. The molecule has 21 heavy (non-hydrogen) atoms. The van der Waals surface area contributed by atoms with E-state index in [4.69, 9.17) is 5.26 Å². The van der Waals surface area contributed by atoms with E-state index in [2.05, 4.69) is 28.3 Å². The van der Waals surface area contributed by atoms with Gasteiger partial charge in [-0.15, -0.1) is 0 Å². The predicted molar refractivity (Wildman–Crippen MR) is 79.9 cm³/mol. The van der Waals surface area contributed by atoms with Gasteiger partial charge in [-0.2, -0.15) is 10.4 Å². The summed E-state index contributed by atoms with van der Waals surface area (Å²) in [6.45, 7) is 0. The summed E-state index contributed by atoms with van der Waals surface area (Å²) in [5.41, 5.74) is 2.90. The standard InChI is InChI=1S/C17H14N4/c18-13-15-8-10-19-17(12-15)21-11-9-16(20-21)7-6-14-4-2-1-3-5-14/h1-5,8-12H,6-7H2. The van der Waals surface area contributed by atoms with Crippen molar-refractivity contribution in [3.05, 3.63) is 77.7 Å². The van der Waals surface area contributed by atoms with Gasteiger partial charge in [0.05, 0.1) is 17.3 Å². The van der Waals surface area contributed by atoms with E-state index < -0.39 is 0 Å². The van der Waals surface area contributed by atoms with Crippen LogP contribution in [0.15, 0.2) is 60.9 Å². The van der Waals surface area contributed by atoms with Crippen LogP contribution in [-0.4, -0.2) is 14.8 Å². The number of benzene rings is 1. The minimum atomic E-state index is 0.585. The van der Waals surface area contributed by atoms with Crippen molar-refractivity contribution in [3.8, 4) is 11.9 Å². The predicted octanol–water partition coefficient (Wildman–Crippen LogP) is 2.92. The van der Waals surface area contributed by atoms with E-state index in [1.807, 2.05) is 30.5 Å². The first-order valence-corrected chi connectivity index (χ1v) is 6.80.